The first-order valence-electron chi connectivity index (χ1n) is 8.48. The topological polar surface area (TPSA) is 109 Å². The summed E-state index contributed by atoms with van der Waals surface area (Å²) >= 11 is 0. The first-order valence-corrected chi connectivity index (χ1v) is 8.48. The first kappa shape index (κ1) is 20.2. The van der Waals surface area contributed by atoms with Crippen molar-refractivity contribution in [2.45, 2.75) is 33.2 Å². The number of nitrogens with one attached hydrogen (secondary N) is 1. The minimum absolute atomic E-state index is 0.0556. The van der Waals surface area contributed by atoms with Crippen molar-refractivity contribution in [2.75, 3.05) is 20.8 Å². The van der Waals surface area contributed by atoms with Crippen LogP contribution in [-0.2, 0) is 11.2 Å². The number of hydrogen-bond acceptors (Lipinski definition) is 6. The number of rotatable bonds is 8. The molecule has 0 aliphatic rings. The number of amides is 1. The summed E-state index contributed by atoms with van der Waals surface area (Å²) in [6, 6.07) is 4.93. The lowest BCUT2D eigenvalue weighted by atomic mass is 10.1. The number of carbonyl (C=O) groups is 1. The quantitative estimate of drug-likeness (QED) is 0.559. The van der Waals surface area contributed by atoms with Gasteiger partial charge >= 0.3 is 5.69 Å². The van der Waals surface area contributed by atoms with E-state index in [4.69, 9.17) is 9.47 Å². The van der Waals surface area contributed by atoms with E-state index in [0.29, 0.717) is 35.9 Å². The van der Waals surface area contributed by atoms with Gasteiger partial charge in [0.25, 0.3) is 0 Å². The molecule has 1 aromatic heterocycles. The van der Waals surface area contributed by atoms with Gasteiger partial charge in [-0.3, -0.25) is 19.6 Å². The van der Waals surface area contributed by atoms with Crippen LogP contribution >= 0.6 is 0 Å². The van der Waals surface area contributed by atoms with Gasteiger partial charge in [0, 0.05) is 6.54 Å². The van der Waals surface area contributed by atoms with Gasteiger partial charge in [0.2, 0.25) is 5.91 Å². The van der Waals surface area contributed by atoms with Crippen molar-refractivity contribution in [2.24, 2.45) is 0 Å². The largest absolute Gasteiger partial charge is 0.493 e. The number of nitro groups is 1. The van der Waals surface area contributed by atoms with E-state index in [1.807, 2.05) is 18.2 Å². The Morgan fingerprint density at radius 2 is 1.96 bits per heavy atom. The maximum absolute atomic E-state index is 12.4. The summed E-state index contributed by atoms with van der Waals surface area (Å²) < 4.78 is 11.9. The lowest BCUT2D eigenvalue weighted by molar-refractivity contribution is -0.386. The first-order chi connectivity index (χ1) is 12.8. The fourth-order valence-electron chi connectivity index (χ4n) is 2.92. The Labute approximate surface area is 157 Å². The molecule has 9 heteroatoms. The van der Waals surface area contributed by atoms with Gasteiger partial charge in [0.15, 0.2) is 11.5 Å². The summed E-state index contributed by atoms with van der Waals surface area (Å²) in [5.41, 5.74) is 1.59. The summed E-state index contributed by atoms with van der Waals surface area (Å²) in [7, 11) is 3.14. The van der Waals surface area contributed by atoms with E-state index >= 15 is 0 Å². The minimum atomic E-state index is -0.650. The molecule has 0 spiro atoms. The highest BCUT2D eigenvalue weighted by Crippen LogP contribution is 2.27. The van der Waals surface area contributed by atoms with Crippen molar-refractivity contribution < 1.29 is 19.2 Å². The molecule has 9 nitrogen and oxygen atoms in total. The lowest BCUT2D eigenvalue weighted by Crippen LogP contribution is -2.33. The van der Waals surface area contributed by atoms with Crippen molar-refractivity contribution in [3.8, 4) is 11.5 Å². The molecule has 1 aromatic carbocycles. The Hall–Kier alpha value is -3.10. The van der Waals surface area contributed by atoms with Gasteiger partial charge in [-0.2, -0.15) is 5.10 Å². The van der Waals surface area contributed by atoms with Crippen LogP contribution in [0.3, 0.4) is 0 Å². The van der Waals surface area contributed by atoms with Crippen LogP contribution in [0.2, 0.25) is 0 Å². The molecule has 0 saturated carbocycles. The van der Waals surface area contributed by atoms with Gasteiger partial charge in [-0.25, -0.2) is 0 Å². The number of benzene rings is 1. The van der Waals surface area contributed by atoms with E-state index in [-0.39, 0.29) is 11.6 Å². The molecule has 27 heavy (non-hydrogen) atoms. The third-order valence-corrected chi connectivity index (χ3v) is 4.38. The SMILES string of the molecule is COc1ccc(CCNC(=O)C(C)n2nc(C)c([N+](=O)[O-])c2C)cc1OC. The fourth-order valence-corrected chi connectivity index (χ4v) is 2.92. The van der Waals surface area contributed by atoms with Crippen LogP contribution < -0.4 is 14.8 Å². The van der Waals surface area contributed by atoms with Crippen molar-refractivity contribution in [1.29, 1.82) is 0 Å². The van der Waals surface area contributed by atoms with E-state index < -0.39 is 11.0 Å². The number of nitrogens with zero attached hydrogens (tertiary/aromatic N) is 3. The van der Waals surface area contributed by atoms with Gasteiger partial charge in [0.05, 0.1) is 19.1 Å². The molecule has 0 aliphatic carbocycles. The Bertz CT molecular complexity index is 847. The van der Waals surface area contributed by atoms with Gasteiger partial charge in [-0.05, 0) is 44.9 Å². The maximum atomic E-state index is 12.4. The standard InChI is InChI=1S/C18H24N4O5/c1-11-17(22(24)25)12(2)21(20-11)13(3)18(23)19-9-8-14-6-7-15(26-4)16(10-14)27-5/h6-7,10,13H,8-9H2,1-5H3,(H,19,23). The number of carbonyl (C=O) groups excluding carboxylic acids is 1. The zero-order valence-corrected chi connectivity index (χ0v) is 16.1. The second-order valence-corrected chi connectivity index (χ2v) is 6.13. The molecular formula is C18H24N4O5. The Morgan fingerprint density at radius 1 is 1.30 bits per heavy atom. The number of aryl methyl sites for hydroxylation is 1. The zero-order chi connectivity index (χ0) is 20.1. The lowest BCUT2D eigenvalue weighted by Gasteiger charge is -2.14. The van der Waals surface area contributed by atoms with Crippen LogP contribution in [0.4, 0.5) is 5.69 Å². The predicted molar refractivity (Wildman–Crippen MR) is 99.3 cm³/mol. The summed E-state index contributed by atoms with van der Waals surface area (Å²) in [5, 5.41) is 18.1. The summed E-state index contributed by atoms with van der Waals surface area (Å²) in [4.78, 5) is 23.0. The van der Waals surface area contributed by atoms with Gasteiger partial charge < -0.3 is 14.8 Å². The number of ether oxygens (including phenoxy) is 2. The monoisotopic (exact) mass is 376 g/mol. The molecule has 0 radical (unpaired) electrons. The van der Waals surface area contributed by atoms with Crippen LogP contribution in [0.5, 0.6) is 11.5 Å². The van der Waals surface area contributed by atoms with Gasteiger partial charge in [-0.1, -0.05) is 6.07 Å². The Morgan fingerprint density at radius 3 is 2.52 bits per heavy atom. The number of methoxy groups -OCH3 is 2. The average Bonchev–Trinajstić information content (AvgIpc) is 2.94. The summed E-state index contributed by atoms with van der Waals surface area (Å²) in [6.07, 6.45) is 0.607. The van der Waals surface area contributed by atoms with Crippen molar-refractivity contribution in [1.82, 2.24) is 15.1 Å². The van der Waals surface area contributed by atoms with Crippen LogP contribution in [0.25, 0.3) is 0 Å². The molecule has 146 valence electrons. The molecule has 2 aromatic rings. The second-order valence-electron chi connectivity index (χ2n) is 6.13. The molecule has 1 atom stereocenters. The molecule has 0 saturated heterocycles. The molecule has 0 fully saturated rings. The normalized spacial score (nSPS) is 11.7. The van der Waals surface area contributed by atoms with Crippen molar-refractivity contribution in [3.05, 3.63) is 45.3 Å². The second kappa shape index (κ2) is 8.52. The average molecular weight is 376 g/mol. The highest BCUT2D eigenvalue weighted by atomic mass is 16.6. The molecule has 0 bridgehead atoms. The maximum Gasteiger partial charge on any atom is 0.312 e. The molecule has 0 aliphatic heterocycles. The molecule has 1 unspecified atom stereocenters. The van der Waals surface area contributed by atoms with Crippen LogP contribution in [0.15, 0.2) is 18.2 Å². The van der Waals surface area contributed by atoms with E-state index in [9.17, 15) is 14.9 Å². The van der Waals surface area contributed by atoms with Crippen LogP contribution in [-0.4, -0.2) is 41.4 Å². The predicted octanol–water partition coefficient (Wildman–Crippen LogP) is 2.35. The molecule has 1 amide bonds. The Balaban J connectivity index is 2.00. The highest BCUT2D eigenvalue weighted by molar-refractivity contribution is 5.80. The van der Waals surface area contributed by atoms with Gasteiger partial charge in [0.1, 0.15) is 17.4 Å². The minimum Gasteiger partial charge on any atom is -0.493 e. The van der Waals surface area contributed by atoms with E-state index in [1.54, 1.807) is 35.0 Å². The number of hydrogen-bond donors (Lipinski definition) is 1. The van der Waals surface area contributed by atoms with E-state index in [0.717, 1.165) is 5.56 Å². The highest BCUT2D eigenvalue weighted by Gasteiger charge is 2.26. The molecule has 1 N–H and O–H groups in total. The fraction of sp³-hybridized carbons (Fsp3) is 0.444. The molecular weight excluding hydrogens is 352 g/mol. The third kappa shape index (κ3) is 4.36. The van der Waals surface area contributed by atoms with Gasteiger partial charge in [-0.15, -0.1) is 0 Å². The zero-order valence-electron chi connectivity index (χ0n) is 16.1. The summed E-state index contributed by atoms with van der Waals surface area (Å²) in [6.45, 7) is 5.23. The van der Waals surface area contributed by atoms with Crippen molar-refractivity contribution >= 4 is 11.6 Å². The summed E-state index contributed by atoms with van der Waals surface area (Å²) in [5.74, 6) is 1.02. The molecule has 2 rings (SSSR count). The third-order valence-electron chi connectivity index (χ3n) is 4.38. The Kier molecular flexibility index (Phi) is 6.38. The smallest absolute Gasteiger partial charge is 0.312 e. The van der Waals surface area contributed by atoms with E-state index in [2.05, 4.69) is 10.4 Å². The molecule has 1 heterocycles. The van der Waals surface area contributed by atoms with Crippen LogP contribution in [0, 0.1) is 24.0 Å². The number of aromatic nitrogens is 2. The van der Waals surface area contributed by atoms with Crippen molar-refractivity contribution in [3.63, 3.8) is 0 Å². The van der Waals surface area contributed by atoms with E-state index in [1.165, 1.54) is 4.68 Å². The van der Waals surface area contributed by atoms with Crippen LogP contribution in [0.1, 0.15) is 29.9 Å².